The number of benzene rings is 1. The molecule has 0 bridgehead atoms. The molecule has 0 aliphatic carbocycles. The molecule has 0 unspecified atom stereocenters. The van der Waals surface area contributed by atoms with Crippen LogP contribution < -0.4 is 4.90 Å². The van der Waals surface area contributed by atoms with Crippen LogP contribution in [-0.2, 0) is 13.0 Å². The molecule has 3 heterocycles. The Kier molecular flexibility index (Phi) is 4.77. The van der Waals surface area contributed by atoms with Crippen molar-refractivity contribution < 1.29 is 4.79 Å². The minimum atomic E-state index is 0.0525. The second-order valence-electron chi connectivity index (χ2n) is 7.22. The number of carbonyl (C=O) groups is 1. The van der Waals surface area contributed by atoms with E-state index in [-0.39, 0.29) is 5.91 Å². The highest BCUT2D eigenvalue weighted by Gasteiger charge is 2.27. The number of fused-ring (bicyclic) bond motifs is 1. The molecule has 1 amide bonds. The molecule has 6 heteroatoms. The van der Waals surface area contributed by atoms with Gasteiger partial charge in [-0.15, -0.1) is 0 Å². The normalized spacial score (nSPS) is 13.2. The van der Waals surface area contributed by atoms with Gasteiger partial charge in [-0.3, -0.25) is 9.78 Å². The van der Waals surface area contributed by atoms with Crippen molar-refractivity contribution >= 4 is 11.7 Å². The number of anilines is 1. The standard InChI is InChI=1S/C22H23N5O/c1-15-7-4-5-9-17(15)22(28)27-12-10-18-19(14-27)24-20(25-21(18)26(2)3)16-8-6-11-23-13-16/h4-9,11,13H,10,12,14H2,1-3H3. The number of hydrogen-bond donors (Lipinski definition) is 0. The molecule has 6 nitrogen and oxygen atoms in total. The van der Waals surface area contributed by atoms with Crippen molar-refractivity contribution in [3.05, 3.63) is 71.2 Å². The summed E-state index contributed by atoms with van der Waals surface area (Å²) in [5.41, 5.74) is 4.64. The Morgan fingerprint density at radius 2 is 1.93 bits per heavy atom. The third-order valence-electron chi connectivity index (χ3n) is 5.05. The second kappa shape index (κ2) is 7.38. The number of rotatable bonds is 3. The van der Waals surface area contributed by atoms with Gasteiger partial charge in [0.1, 0.15) is 5.82 Å². The molecule has 142 valence electrons. The molecule has 0 fully saturated rings. The summed E-state index contributed by atoms with van der Waals surface area (Å²) in [5.74, 6) is 1.60. The summed E-state index contributed by atoms with van der Waals surface area (Å²) in [4.78, 5) is 30.7. The van der Waals surface area contributed by atoms with E-state index >= 15 is 0 Å². The van der Waals surface area contributed by atoms with Gasteiger partial charge < -0.3 is 9.80 Å². The van der Waals surface area contributed by atoms with Gasteiger partial charge in [-0.05, 0) is 37.1 Å². The van der Waals surface area contributed by atoms with Crippen LogP contribution in [0.5, 0.6) is 0 Å². The molecular weight excluding hydrogens is 350 g/mol. The molecule has 1 aliphatic rings. The summed E-state index contributed by atoms with van der Waals surface area (Å²) in [5, 5.41) is 0. The Bertz CT molecular complexity index is 1020. The first kappa shape index (κ1) is 18.1. The molecule has 4 rings (SSSR count). The zero-order valence-corrected chi connectivity index (χ0v) is 16.4. The highest BCUT2D eigenvalue weighted by atomic mass is 16.2. The van der Waals surface area contributed by atoms with Gasteiger partial charge in [0, 0.05) is 49.7 Å². The van der Waals surface area contributed by atoms with Crippen molar-refractivity contribution in [2.24, 2.45) is 0 Å². The largest absolute Gasteiger partial charge is 0.362 e. The van der Waals surface area contributed by atoms with E-state index in [9.17, 15) is 4.79 Å². The molecule has 28 heavy (non-hydrogen) atoms. The van der Waals surface area contributed by atoms with Crippen LogP contribution in [0.15, 0.2) is 48.8 Å². The fourth-order valence-electron chi connectivity index (χ4n) is 3.56. The van der Waals surface area contributed by atoms with Gasteiger partial charge in [0.15, 0.2) is 5.82 Å². The van der Waals surface area contributed by atoms with Crippen molar-refractivity contribution in [3.8, 4) is 11.4 Å². The van der Waals surface area contributed by atoms with Crippen molar-refractivity contribution in [1.82, 2.24) is 19.9 Å². The summed E-state index contributed by atoms with van der Waals surface area (Å²) in [6.45, 7) is 3.12. The van der Waals surface area contributed by atoms with Crippen LogP contribution >= 0.6 is 0 Å². The zero-order valence-electron chi connectivity index (χ0n) is 16.4. The minimum absolute atomic E-state index is 0.0525. The quantitative estimate of drug-likeness (QED) is 0.706. The Morgan fingerprint density at radius 3 is 2.64 bits per heavy atom. The van der Waals surface area contributed by atoms with Gasteiger partial charge >= 0.3 is 0 Å². The van der Waals surface area contributed by atoms with Gasteiger partial charge in [0.25, 0.3) is 5.91 Å². The monoisotopic (exact) mass is 373 g/mol. The molecule has 0 spiro atoms. The first-order valence-electron chi connectivity index (χ1n) is 9.37. The van der Waals surface area contributed by atoms with E-state index in [0.29, 0.717) is 18.9 Å². The van der Waals surface area contributed by atoms with Crippen molar-refractivity contribution in [2.75, 3.05) is 25.5 Å². The SMILES string of the molecule is Cc1ccccc1C(=O)N1CCc2c(nc(-c3cccnc3)nc2N(C)C)C1. The van der Waals surface area contributed by atoms with E-state index in [0.717, 1.165) is 40.2 Å². The van der Waals surface area contributed by atoms with E-state index in [1.807, 2.05) is 67.2 Å². The zero-order chi connectivity index (χ0) is 19.7. The lowest BCUT2D eigenvalue weighted by Crippen LogP contribution is -2.37. The molecule has 0 N–H and O–H groups in total. The molecule has 0 atom stereocenters. The van der Waals surface area contributed by atoms with E-state index in [2.05, 4.69) is 4.98 Å². The summed E-state index contributed by atoms with van der Waals surface area (Å²) in [6.07, 6.45) is 4.24. The second-order valence-corrected chi connectivity index (χ2v) is 7.22. The van der Waals surface area contributed by atoms with Crippen LogP contribution in [0.3, 0.4) is 0 Å². The number of nitrogens with zero attached hydrogens (tertiary/aromatic N) is 5. The van der Waals surface area contributed by atoms with Gasteiger partial charge in [-0.2, -0.15) is 0 Å². The summed E-state index contributed by atoms with van der Waals surface area (Å²) in [6, 6.07) is 11.5. The molecule has 3 aromatic rings. The highest BCUT2D eigenvalue weighted by Crippen LogP contribution is 2.29. The lowest BCUT2D eigenvalue weighted by molar-refractivity contribution is 0.0731. The molecular formula is C22H23N5O. The van der Waals surface area contributed by atoms with Crippen molar-refractivity contribution in [1.29, 1.82) is 0 Å². The highest BCUT2D eigenvalue weighted by molar-refractivity contribution is 5.95. The molecule has 1 aliphatic heterocycles. The Morgan fingerprint density at radius 1 is 1.11 bits per heavy atom. The number of carbonyl (C=O) groups excluding carboxylic acids is 1. The maximum absolute atomic E-state index is 13.1. The molecule has 1 aromatic carbocycles. The van der Waals surface area contributed by atoms with Crippen LogP contribution in [0.25, 0.3) is 11.4 Å². The van der Waals surface area contributed by atoms with E-state index in [4.69, 9.17) is 9.97 Å². The number of amides is 1. The first-order valence-corrected chi connectivity index (χ1v) is 9.37. The summed E-state index contributed by atoms with van der Waals surface area (Å²) >= 11 is 0. The third kappa shape index (κ3) is 3.33. The van der Waals surface area contributed by atoms with Crippen LogP contribution in [0, 0.1) is 6.92 Å². The lowest BCUT2D eigenvalue weighted by Gasteiger charge is -2.31. The van der Waals surface area contributed by atoms with Crippen LogP contribution in [-0.4, -0.2) is 46.4 Å². The fourth-order valence-corrected chi connectivity index (χ4v) is 3.56. The predicted molar refractivity (Wildman–Crippen MR) is 109 cm³/mol. The number of hydrogen-bond acceptors (Lipinski definition) is 5. The van der Waals surface area contributed by atoms with E-state index < -0.39 is 0 Å². The third-order valence-corrected chi connectivity index (χ3v) is 5.05. The number of aryl methyl sites for hydroxylation is 1. The van der Waals surface area contributed by atoms with Crippen LogP contribution in [0.1, 0.15) is 27.2 Å². The van der Waals surface area contributed by atoms with E-state index in [1.165, 1.54) is 0 Å². The fraction of sp³-hybridized carbons (Fsp3) is 0.273. The van der Waals surface area contributed by atoms with Gasteiger partial charge in [0.05, 0.1) is 12.2 Å². The van der Waals surface area contributed by atoms with Crippen molar-refractivity contribution in [2.45, 2.75) is 19.9 Å². The summed E-state index contributed by atoms with van der Waals surface area (Å²) < 4.78 is 0. The van der Waals surface area contributed by atoms with Gasteiger partial charge in [-0.1, -0.05) is 18.2 Å². The minimum Gasteiger partial charge on any atom is -0.362 e. The molecule has 0 saturated carbocycles. The van der Waals surface area contributed by atoms with Crippen LogP contribution in [0.4, 0.5) is 5.82 Å². The Hall–Kier alpha value is -3.28. The number of pyridine rings is 1. The molecule has 0 radical (unpaired) electrons. The smallest absolute Gasteiger partial charge is 0.254 e. The summed E-state index contributed by atoms with van der Waals surface area (Å²) in [7, 11) is 3.97. The maximum atomic E-state index is 13.1. The Balaban J connectivity index is 1.72. The van der Waals surface area contributed by atoms with E-state index in [1.54, 1.807) is 12.4 Å². The lowest BCUT2D eigenvalue weighted by atomic mass is 10.0. The average Bonchev–Trinajstić information content (AvgIpc) is 2.73. The predicted octanol–water partition coefficient (Wildman–Crippen LogP) is 3.11. The first-order chi connectivity index (χ1) is 13.5. The van der Waals surface area contributed by atoms with Gasteiger partial charge in [-0.25, -0.2) is 9.97 Å². The van der Waals surface area contributed by atoms with Gasteiger partial charge in [0.2, 0.25) is 0 Å². The maximum Gasteiger partial charge on any atom is 0.254 e. The average molecular weight is 373 g/mol. The van der Waals surface area contributed by atoms with Crippen LogP contribution in [0.2, 0.25) is 0 Å². The topological polar surface area (TPSA) is 62.2 Å². The molecule has 2 aromatic heterocycles. The van der Waals surface area contributed by atoms with Crippen molar-refractivity contribution in [3.63, 3.8) is 0 Å². The Labute approximate surface area is 164 Å². The number of aromatic nitrogens is 3. The molecule has 0 saturated heterocycles.